The number of rotatable bonds is 2. The first-order valence-electron chi connectivity index (χ1n) is 4.58. The third-order valence-corrected chi connectivity index (χ3v) is 2.36. The van der Waals surface area contributed by atoms with Crippen molar-refractivity contribution in [2.75, 3.05) is 5.73 Å². The van der Waals surface area contributed by atoms with Crippen molar-refractivity contribution in [1.82, 2.24) is 10.1 Å². The van der Waals surface area contributed by atoms with Crippen LogP contribution in [0.2, 0.25) is 5.02 Å². The Kier molecular flexibility index (Phi) is 2.60. The Labute approximate surface area is 92.0 Å². The lowest BCUT2D eigenvalue weighted by atomic mass is 10.2. The number of anilines is 1. The molecule has 0 radical (unpaired) electrons. The minimum absolute atomic E-state index is 0.466. The van der Waals surface area contributed by atoms with Gasteiger partial charge in [-0.1, -0.05) is 23.7 Å². The van der Waals surface area contributed by atoms with E-state index in [1.165, 1.54) is 0 Å². The van der Waals surface area contributed by atoms with Gasteiger partial charge in [0.05, 0.1) is 10.7 Å². The van der Waals surface area contributed by atoms with E-state index in [-0.39, 0.29) is 0 Å². The van der Waals surface area contributed by atoms with Crippen molar-refractivity contribution in [1.29, 1.82) is 0 Å². The van der Waals surface area contributed by atoms with E-state index in [2.05, 4.69) is 10.1 Å². The molecule has 0 aliphatic rings. The van der Waals surface area contributed by atoms with Crippen LogP contribution in [-0.4, -0.2) is 10.1 Å². The summed E-state index contributed by atoms with van der Waals surface area (Å²) in [7, 11) is 0. The van der Waals surface area contributed by atoms with Crippen LogP contribution in [0.25, 0.3) is 11.5 Å². The van der Waals surface area contributed by atoms with Gasteiger partial charge >= 0.3 is 0 Å². The molecule has 2 rings (SSSR count). The second kappa shape index (κ2) is 3.90. The molecule has 0 aliphatic carbocycles. The third-order valence-electron chi connectivity index (χ3n) is 2.03. The molecular formula is C10H10ClN3O. The normalized spacial score (nSPS) is 10.5. The Morgan fingerprint density at radius 2 is 2.27 bits per heavy atom. The van der Waals surface area contributed by atoms with Crippen molar-refractivity contribution in [3.05, 3.63) is 29.0 Å². The standard InChI is InChI=1S/C10H10ClN3O/c1-2-9-13-10(15-14-9)6-3-4-8(12)7(11)5-6/h3-5H,2,12H2,1H3. The molecule has 15 heavy (non-hydrogen) atoms. The lowest BCUT2D eigenvalue weighted by Crippen LogP contribution is -1.87. The number of hydrogen-bond donors (Lipinski definition) is 1. The molecule has 78 valence electrons. The fourth-order valence-corrected chi connectivity index (χ4v) is 1.36. The summed E-state index contributed by atoms with van der Waals surface area (Å²) in [6.45, 7) is 1.96. The summed E-state index contributed by atoms with van der Waals surface area (Å²) in [5.41, 5.74) is 6.92. The van der Waals surface area contributed by atoms with Gasteiger partial charge < -0.3 is 10.3 Å². The van der Waals surface area contributed by atoms with Crippen molar-refractivity contribution >= 4 is 17.3 Å². The van der Waals surface area contributed by atoms with Crippen LogP contribution in [0.5, 0.6) is 0 Å². The summed E-state index contributed by atoms with van der Waals surface area (Å²) in [6, 6.07) is 5.23. The molecule has 0 unspecified atom stereocenters. The van der Waals surface area contributed by atoms with Crippen LogP contribution < -0.4 is 5.73 Å². The monoisotopic (exact) mass is 223 g/mol. The molecule has 5 heteroatoms. The lowest BCUT2D eigenvalue weighted by Gasteiger charge is -1.98. The maximum Gasteiger partial charge on any atom is 0.257 e. The van der Waals surface area contributed by atoms with E-state index >= 15 is 0 Å². The van der Waals surface area contributed by atoms with E-state index in [9.17, 15) is 0 Å². The van der Waals surface area contributed by atoms with Gasteiger partial charge in [0.2, 0.25) is 0 Å². The first kappa shape index (κ1) is 9.98. The molecular weight excluding hydrogens is 214 g/mol. The maximum atomic E-state index is 5.89. The van der Waals surface area contributed by atoms with Crippen molar-refractivity contribution in [2.24, 2.45) is 0 Å². The Morgan fingerprint density at radius 1 is 1.47 bits per heavy atom. The van der Waals surface area contributed by atoms with E-state index in [1.807, 2.05) is 6.92 Å². The van der Waals surface area contributed by atoms with E-state index in [4.69, 9.17) is 21.9 Å². The van der Waals surface area contributed by atoms with Crippen LogP contribution in [0.4, 0.5) is 5.69 Å². The Bertz CT molecular complexity index is 481. The molecule has 0 saturated heterocycles. The van der Waals surface area contributed by atoms with E-state index in [1.54, 1.807) is 18.2 Å². The van der Waals surface area contributed by atoms with Crippen molar-refractivity contribution in [3.63, 3.8) is 0 Å². The molecule has 0 amide bonds. The van der Waals surface area contributed by atoms with Gasteiger partial charge in [-0.15, -0.1) is 0 Å². The highest BCUT2D eigenvalue weighted by molar-refractivity contribution is 6.33. The topological polar surface area (TPSA) is 64.9 Å². The zero-order valence-corrected chi connectivity index (χ0v) is 8.95. The van der Waals surface area contributed by atoms with Crippen molar-refractivity contribution in [3.8, 4) is 11.5 Å². The molecule has 1 aromatic heterocycles. The van der Waals surface area contributed by atoms with Gasteiger partial charge in [0.25, 0.3) is 5.89 Å². The Morgan fingerprint density at radius 3 is 2.87 bits per heavy atom. The molecule has 1 heterocycles. The predicted molar refractivity (Wildman–Crippen MR) is 58.5 cm³/mol. The zero-order valence-electron chi connectivity index (χ0n) is 8.20. The van der Waals surface area contributed by atoms with Gasteiger partial charge in [0, 0.05) is 12.0 Å². The number of hydrogen-bond acceptors (Lipinski definition) is 4. The second-order valence-corrected chi connectivity index (χ2v) is 3.51. The van der Waals surface area contributed by atoms with E-state index in [0.717, 1.165) is 12.0 Å². The third kappa shape index (κ3) is 1.94. The Balaban J connectivity index is 2.40. The zero-order chi connectivity index (χ0) is 10.8. The number of aryl methyl sites for hydroxylation is 1. The van der Waals surface area contributed by atoms with Crippen molar-refractivity contribution in [2.45, 2.75) is 13.3 Å². The summed E-state index contributed by atoms with van der Waals surface area (Å²) >= 11 is 5.89. The molecule has 0 spiro atoms. The van der Waals surface area contributed by atoms with Crippen LogP contribution in [-0.2, 0) is 6.42 Å². The van der Waals surface area contributed by atoms with Crippen LogP contribution in [0.3, 0.4) is 0 Å². The van der Waals surface area contributed by atoms with E-state index < -0.39 is 0 Å². The van der Waals surface area contributed by atoms with Gasteiger partial charge in [-0.3, -0.25) is 0 Å². The molecule has 0 atom stereocenters. The van der Waals surface area contributed by atoms with E-state index in [0.29, 0.717) is 22.4 Å². The van der Waals surface area contributed by atoms with Gasteiger partial charge in [-0.05, 0) is 18.2 Å². The summed E-state index contributed by atoms with van der Waals surface area (Å²) < 4.78 is 5.08. The van der Waals surface area contributed by atoms with Crippen LogP contribution >= 0.6 is 11.6 Å². The first-order valence-corrected chi connectivity index (χ1v) is 4.96. The molecule has 4 nitrogen and oxygen atoms in total. The lowest BCUT2D eigenvalue weighted by molar-refractivity contribution is 0.423. The fraction of sp³-hybridized carbons (Fsp3) is 0.200. The van der Waals surface area contributed by atoms with Gasteiger partial charge in [0.1, 0.15) is 0 Å². The number of nitrogens with zero attached hydrogens (tertiary/aromatic N) is 2. The minimum atomic E-state index is 0.466. The van der Waals surface area contributed by atoms with Crippen LogP contribution in [0.1, 0.15) is 12.7 Å². The second-order valence-electron chi connectivity index (χ2n) is 3.11. The number of nitrogens with two attached hydrogens (primary N) is 1. The smallest absolute Gasteiger partial charge is 0.257 e. The van der Waals surface area contributed by atoms with Crippen LogP contribution in [0, 0.1) is 0 Å². The van der Waals surface area contributed by atoms with Crippen LogP contribution in [0.15, 0.2) is 22.7 Å². The minimum Gasteiger partial charge on any atom is -0.398 e. The molecule has 0 aliphatic heterocycles. The summed E-state index contributed by atoms with van der Waals surface area (Å²) in [5.74, 6) is 1.15. The number of benzene rings is 1. The molecule has 1 aromatic carbocycles. The quantitative estimate of drug-likeness (QED) is 0.795. The highest BCUT2D eigenvalue weighted by Gasteiger charge is 2.08. The van der Waals surface area contributed by atoms with Gasteiger partial charge in [-0.25, -0.2) is 0 Å². The molecule has 2 aromatic rings. The van der Waals surface area contributed by atoms with Gasteiger partial charge in [0.15, 0.2) is 5.82 Å². The average molecular weight is 224 g/mol. The number of nitrogen functional groups attached to an aromatic ring is 1. The maximum absolute atomic E-state index is 5.89. The molecule has 2 N–H and O–H groups in total. The number of halogens is 1. The molecule has 0 saturated carbocycles. The predicted octanol–water partition coefficient (Wildman–Crippen LogP) is 2.53. The Hall–Kier alpha value is -1.55. The fourth-order valence-electron chi connectivity index (χ4n) is 1.17. The summed E-state index contributed by atoms with van der Waals surface area (Å²) in [6.07, 6.45) is 0.742. The molecule has 0 bridgehead atoms. The van der Waals surface area contributed by atoms with Gasteiger partial charge in [-0.2, -0.15) is 4.98 Å². The van der Waals surface area contributed by atoms with Crippen molar-refractivity contribution < 1.29 is 4.52 Å². The summed E-state index contributed by atoms with van der Waals surface area (Å²) in [5, 5.41) is 4.29. The molecule has 0 fully saturated rings. The number of aromatic nitrogens is 2. The first-order chi connectivity index (χ1) is 7.20. The highest BCUT2D eigenvalue weighted by Crippen LogP contribution is 2.25. The average Bonchev–Trinajstić information content (AvgIpc) is 2.70. The SMILES string of the molecule is CCc1noc(-c2ccc(N)c(Cl)c2)n1. The largest absolute Gasteiger partial charge is 0.398 e. The highest BCUT2D eigenvalue weighted by atomic mass is 35.5. The summed E-state index contributed by atoms with van der Waals surface area (Å²) in [4.78, 5) is 4.19.